The maximum atomic E-state index is 4.60. The molecule has 1 heterocycles. The maximum Gasteiger partial charge on any atom is 0.0665 e. The second-order valence-electron chi connectivity index (χ2n) is 2.71. The third kappa shape index (κ3) is 5.10. The highest BCUT2D eigenvalue weighted by Crippen LogP contribution is 2.03. The minimum absolute atomic E-state index is 0.444. The normalized spacial score (nSPS) is 20.6. The summed E-state index contributed by atoms with van der Waals surface area (Å²) in [6.45, 7) is 3.79. The van der Waals surface area contributed by atoms with E-state index in [1.54, 1.807) is 6.92 Å². The summed E-state index contributed by atoms with van der Waals surface area (Å²) in [5, 5.41) is 2.06. The van der Waals surface area contributed by atoms with E-state index in [4.69, 9.17) is 0 Å². The molecule has 0 radical (unpaired) electrons. The number of terminal acetylenes is 1. The molecule has 0 fully saturated rings. The van der Waals surface area contributed by atoms with Gasteiger partial charge in [-0.3, -0.25) is 0 Å². The monoisotopic (exact) mass is 178 g/mol. The van der Waals surface area contributed by atoms with E-state index < -0.39 is 0 Å². The highest BCUT2D eigenvalue weighted by Gasteiger charge is 2.09. The standard InChI is InChI=1S/C8H14N2.C3H4/c1-3-4-5-8-6-7-9-10(8)2;1-3-2/h4-9H,3H2,1-2H3;1H,2H3/b5-4-;. The van der Waals surface area contributed by atoms with E-state index in [2.05, 4.69) is 47.9 Å². The van der Waals surface area contributed by atoms with Gasteiger partial charge in [0.1, 0.15) is 0 Å². The molecule has 2 nitrogen and oxygen atoms in total. The molecule has 2 heteroatoms. The van der Waals surface area contributed by atoms with Crippen molar-refractivity contribution in [3.05, 3.63) is 24.4 Å². The number of rotatable bonds is 2. The molecule has 72 valence electrons. The van der Waals surface area contributed by atoms with Crippen LogP contribution in [0.25, 0.3) is 0 Å². The molecule has 1 aliphatic heterocycles. The van der Waals surface area contributed by atoms with Crippen molar-refractivity contribution in [1.29, 1.82) is 0 Å². The zero-order valence-corrected chi connectivity index (χ0v) is 8.62. The predicted octanol–water partition coefficient (Wildman–Crippen LogP) is 1.92. The smallest absolute Gasteiger partial charge is 0.0665 e. The molecule has 1 aliphatic rings. The van der Waals surface area contributed by atoms with Gasteiger partial charge in [-0.25, -0.2) is 5.01 Å². The Morgan fingerprint density at radius 2 is 2.31 bits per heavy atom. The molecule has 1 unspecified atom stereocenters. The van der Waals surface area contributed by atoms with Gasteiger partial charge in [-0.05, 0) is 19.4 Å². The van der Waals surface area contributed by atoms with Crippen molar-refractivity contribution in [2.75, 3.05) is 7.05 Å². The highest BCUT2D eigenvalue weighted by atomic mass is 15.5. The Hall–Kier alpha value is -1.20. The Morgan fingerprint density at radius 3 is 2.69 bits per heavy atom. The molecule has 1 rings (SSSR count). The van der Waals surface area contributed by atoms with Crippen LogP contribution in [-0.4, -0.2) is 18.1 Å². The Bertz CT molecular complexity index is 211. The van der Waals surface area contributed by atoms with Crippen LogP contribution in [0.5, 0.6) is 0 Å². The maximum absolute atomic E-state index is 4.60. The van der Waals surface area contributed by atoms with Gasteiger partial charge < -0.3 is 5.43 Å². The Balaban J connectivity index is 0.000000424. The summed E-state index contributed by atoms with van der Waals surface area (Å²) in [4.78, 5) is 0. The van der Waals surface area contributed by atoms with Crippen LogP contribution in [-0.2, 0) is 0 Å². The van der Waals surface area contributed by atoms with Crippen molar-refractivity contribution in [1.82, 2.24) is 10.4 Å². The molecule has 0 saturated carbocycles. The second-order valence-corrected chi connectivity index (χ2v) is 2.71. The van der Waals surface area contributed by atoms with Gasteiger partial charge in [-0.1, -0.05) is 19.1 Å². The van der Waals surface area contributed by atoms with Crippen LogP contribution in [0.15, 0.2) is 24.4 Å². The molecule has 0 bridgehead atoms. The highest BCUT2D eigenvalue weighted by molar-refractivity contribution is 5.08. The van der Waals surface area contributed by atoms with Crippen LogP contribution in [0.1, 0.15) is 20.3 Å². The van der Waals surface area contributed by atoms with Crippen molar-refractivity contribution in [2.45, 2.75) is 26.3 Å². The molecule has 0 saturated heterocycles. The SMILES string of the molecule is C#CC.CC/C=C\C1C=CNN1C. The summed E-state index contributed by atoms with van der Waals surface area (Å²) in [6.07, 6.45) is 14.2. The minimum Gasteiger partial charge on any atom is -0.326 e. The average Bonchev–Trinajstić information content (AvgIpc) is 2.49. The van der Waals surface area contributed by atoms with E-state index in [9.17, 15) is 0 Å². The lowest BCUT2D eigenvalue weighted by atomic mass is 10.2. The van der Waals surface area contributed by atoms with Gasteiger partial charge in [0.05, 0.1) is 6.04 Å². The van der Waals surface area contributed by atoms with E-state index in [-0.39, 0.29) is 0 Å². The van der Waals surface area contributed by atoms with Crippen molar-refractivity contribution in [2.24, 2.45) is 0 Å². The van der Waals surface area contributed by atoms with Crippen LogP contribution in [0.3, 0.4) is 0 Å². The van der Waals surface area contributed by atoms with Crippen LogP contribution in [0.4, 0.5) is 0 Å². The van der Waals surface area contributed by atoms with Crippen LogP contribution < -0.4 is 5.43 Å². The first kappa shape index (κ1) is 11.8. The summed E-state index contributed by atoms with van der Waals surface area (Å²) >= 11 is 0. The van der Waals surface area contributed by atoms with E-state index in [0.29, 0.717) is 6.04 Å². The van der Waals surface area contributed by atoms with Gasteiger partial charge in [-0.2, -0.15) is 0 Å². The van der Waals surface area contributed by atoms with Crippen molar-refractivity contribution in [3.63, 3.8) is 0 Å². The van der Waals surface area contributed by atoms with E-state index in [1.807, 2.05) is 13.2 Å². The third-order valence-electron chi connectivity index (χ3n) is 1.59. The van der Waals surface area contributed by atoms with Crippen LogP contribution >= 0.6 is 0 Å². The fourth-order valence-corrected chi connectivity index (χ4v) is 0.943. The lowest BCUT2D eigenvalue weighted by Gasteiger charge is -2.14. The molecular weight excluding hydrogens is 160 g/mol. The van der Waals surface area contributed by atoms with Gasteiger partial charge in [0.2, 0.25) is 0 Å². The fourth-order valence-electron chi connectivity index (χ4n) is 0.943. The molecule has 0 aliphatic carbocycles. The van der Waals surface area contributed by atoms with Crippen molar-refractivity contribution < 1.29 is 0 Å². The first-order valence-corrected chi connectivity index (χ1v) is 4.46. The first-order chi connectivity index (χ1) is 6.26. The summed E-state index contributed by atoms with van der Waals surface area (Å²) < 4.78 is 0. The van der Waals surface area contributed by atoms with E-state index in [1.165, 1.54) is 0 Å². The Kier molecular flexibility index (Phi) is 6.76. The van der Waals surface area contributed by atoms with Gasteiger partial charge >= 0.3 is 0 Å². The van der Waals surface area contributed by atoms with Crippen molar-refractivity contribution in [3.8, 4) is 12.3 Å². The number of likely N-dealkylation sites (N-methyl/N-ethyl adjacent to an activating group) is 1. The van der Waals surface area contributed by atoms with E-state index in [0.717, 1.165) is 6.42 Å². The largest absolute Gasteiger partial charge is 0.326 e. The lowest BCUT2D eigenvalue weighted by Crippen LogP contribution is -2.31. The zero-order valence-electron chi connectivity index (χ0n) is 8.62. The molecule has 0 aromatic rings. The van der Waals surface area contributed by atoms with Gasteiger partial charge in [0, 0.05) is 13.2 Å². The number of nitrogens with one attached hydrogen (secondary N) is 1. The average molecular weight is 178 g/mol. The molecule has 0 amide bonds. The third-order valence-corrected chi connectivity index (χ3v) is 1.59. The summed E-state index contributed by atoms with van der Waals surface area (Å²) in [6, 6.07) is 0.444. The molecule has 1 N–H and O–H groups in total. The van der Waals surface area contributed by atoms with Crippen molar-refractivity contribution >= 4 is 0 Å². The molecule has 0 spiro atoms. The zero-order chi connectivity index (χ0) is 10.1. The van der Waals surface area contributed by atoms with Crippen LogP contribution in [0.2, 0.25) is 0 Å². The molecule has 0 aromatic carbocycles. The quantitative estimate of drug-likeness (QED) is 0.513. The Morgan fingerprint density at radius 1 is 1.69 bits per heavy atom. The van der Waals surface area contributed by atoms with Gasteiger partial charge in [0.15, 0.2) is 0 Å². The number of nitrogens with zero attached hydrogens (tertiary/aromatic N) is 1. The second kappa shape index (κ2) is 7.45. The molecule has 13 heavy (non-hydrogen) atoms. The molecule has 1 atom stereocenters. The van der Waals surface area contributed by atoms with E-state index >= 15 is 0 Å². The molecule has 0 aromatic heterocycles. The summed E-state index contributed by atoms with van der Waals surface area (Å²) in [5.74, 6) is 2.25. The summed E-state index contributed by atoms with van der Waals surface area (Å²) in [7, 11) is 2.03. The fraction of sp³-hybridized carbons (Fsp3) is 0.455. The van der Waals surface area contributed by atoms with Gasteiger partial charge in [0.25, 0.3) is 0 Å². The first-order valence-electron chi connectivity index (χ1n) is 4.46. The Labute approximate surface area is 81.3 Å². The predicted molar refractivity (Wildman–Crippen MR) is 57.8 cm³/mol. The number of allylic oxidation sites excluding steroid dienone is 1. The van der Waals surface area contributed by atoms with Crippen LogP contribution in [0, 0.1) is 12.3 Å². The molecular formula is C11H18N2. The topological polar surface area (TPSA) is 15.3 Å². The van der Waals surface area contributed by atoms with Gasteiger partial charge in [-0.15, -0.1) is 12.3 Å². The number of hydrogen-bond donors (Lipinski definition) is 1. The lowest BCUT2D eigenvalue weighted by molar-refractivity contribution is 0.286. The summed E-state index contributed by atoms with van der Waals surface area (Å²) in [5.41, 5.74) is 3.08. The minimum atomic E-state index is 0.444. The number of hydrogen-bond acceptors (Lipinski definition) is 2. The number of hydrazine groups is 1.